The maximum absolute atomic E-state index is 6.42. The van der Waals surface area contributed by atoms with Crippen LogP contribution in [-0.4, -0.2) is 5.71 Å². The molecule has 0 amide bonds. The lowest BCUT2D eigenvalue weighted by atomic mass is 10.00. The zero-order valence-corrected chi connectivity index (χ0v) is 19.4. The second-order valence-electron chi connectivity index (χ2n) is 6.24. The molecular formula is C21H15BrClIN2S. The van der Waals surface area contributed by atoms with Crippen LogP contribution in [0.15, 0.2) is 75.0 Å². The lowest BCUT2D eigenvalue weighted by molar-refractivity contribution is 1.01. The van der Waals surface area contributed by atoms with Crippen molar-refractivity contribution in [1.29, 1.82) is 0 Å². The number of nitrogens with two attached hydrogens (primary N) is 1. The smallest absolute Gasteiger partial charge is 0.0769 e. The molecule has 0 bridgehead atoms. The Morgan fingerprint density at radius 2 is 1.85 bits per heavy atom. The van der Waals surface area contributed by atoms with Crippen molar-refractivity contribution in [2.45, 2.75) is 16.6 Å². The van der Waals surface area contributed by atoms with E-state index in [4.69, 9.17) is 22.3 Å². The van der Waals surface area contributed by atoms with Crippen LogP contribution in [0.4, 0.5) is 11.4 Å². The highest BCUT2D eigenvalue weighted by Crippen LogP contribution is 2.46. The second kappa shape index (κ2) is 8.15. The third-order valence-electron chi connectivity index (χ3n) is 4.42. The summed E-state index contributed by atoms with van der Waals surface area (Å²) >= 11 is 13.8. The Labute approximate surface area is 189 Å². The van der Waals surface area contributed by atoms with Crippen molar-refractivity contribution in [2.75, 3.05) is 5.73 Å². The average Bonchev–Trinajstić information content (AvgIpc) is 2.85. The van der Waals surface area contributed by atoms with E-state index in [1.165, 1.54) is 10.5 Å². The first-order valence-corrected chi connectivity index (χ1v) is 11.5. The number of anilines is 1. The topological polar surface area (TPSA) is 38.4 Å². The number of nitrogens with zero attached hydrogens (tertiary/aromatic N) is 1. The van der Waals surface area contributed by atoms with Gasteiger partial charge in [-0.1, -0.05) is 51.8 Å². The van der Waals surface area contributed by atoms with Crippen molar-refractivity contribution in [3.05, 3.63) is 84.9 Å². The fourth-order valence-corrected chi connectivity index (χ4v) is 5.94. The van der Waals surface area contributed by atoms with E-state index in [1.807, 2.05) is 36.0 Å². The maximum atomic E-state index is 6.42. The van der Waals surface area contributed by atoms with Crippen LogP contribution in [0.3, 0.4) is 0 Å². The number of hydrogen-bond acceptors (Lipinski definition) is 3. The van der Waals surface area contributed by atoms with Gasteiger partial charge in [0.15, 0.2) is 0 Å². The van der Waals surface area contributed by atoms with Gasteiger partial charge >= 0.3 is 0 Å². The predicted molar refractivity (Wildman–Crippen MR) is 129 cm³/mol. The number of nitrogen functional groups attached to an aromatic ring is 1. The summed E-state index contributed by atoms with van der Waals surface area (Å²) in [6.45, 7) is 0. The van der Waals surface area contributed by atoms with Crippen molar-refractivity contribution in [2.24, 2.45) is 4.99 Å². The minimum Gasteiger partial charge on any atom is -0.397 e. The number of para-hydroxylation sites is 1. The highest BCUT2D eigenvalue weighted by molar-refractivity contribution is 14.1. The number of rotatable bonds is 2. The summed E-state index contributed by atoms with van der Waals surface area (Å²) in [4.78, 5) is 6.19. The summed E-state index contributed by atoms with van der Waals surface area (Å²) in [6, 6.07) is 20.4. The van der Waals surface area contributed by atoms with Crippen LogP contribution in [0.2, 0.25) is 5.02 Å². The van der Waals surface area contributed by atoms with Crippen LogP contribution in [0.5, 0.6) is 0 Å². The predicted octanol–water partition coefficient (Wildman–Crippen LogP) is 7.65. The fourth-order valence-electron chi connectivity index (χ4n) is 3.07. The Bertz CT molecular complexity index is 1040. The molecule has 4 rings (SSSR count). The van der Waals surface area contributed by atoms with Gasteiger partial charge in [-0.25, -0.2) is 0 Å². The molecule has 3 aromatic carbocycles. The third-order valence-corrected chi connectivity index (χ3v) is 7.34. The lowest BCUT2D eigenvalue weighted by Crippen LogP contribution is -2.09. The molecule has 2 N–H and O–H groups in total. The molecule has 1 aliphatic rings. The Hall–Kier alpha value is -1.02. The first kappa shape index (κ1) is 19.3. The Balaban J connectivity index is 1.85. The Morgan fingerprint density at radius 3 is 2.63 bits per heavy atom. The molecule has 1 atom stereocenters. The van der Waals surface area contributed by atoms with Gasteiger partial charge in [0.1, 0.15) is 0 Å². The van der Waals surface area contributed by atoms with E-state index in [9.17, 15) is 0 Å². The van der Waals surface area contributed by atoms with Gasteiger partial charge < -0.3 is 5.73 Å². The standard InChI is InChI=1S/C21H15BrClIN2S/c22-13-9-15(21(25)16(24)10-13)18-11-20(12-5-7-14(23)8-6-12)27-19-4-2-1-3-17(19)26-18/h1-10,20H,11,25H2. The van der Waals surface area contributed by atoms with Gasteiger partial charge in [-0.05, 0) is 64.6 Å². The van der Waals surface area contributed by atoms with Crippen LogP contribution in [0.1, 0.15) is 22.8 Å². The molecule has 6 heteroatoms. The molecule has 1 heterocycles. The van der Waals surface area contributed by atoms with Crippen LogP contribution < -0.4 is 5.73 Å². The minimum atomic E-state index is 0.237. The number of benzene rings is 3. The molecule has 1 unspecified atom stereocenters. The molecule has 0 saturated heterocycles. The zero-order chi connectivity index (χ0) is 19.0. The lowest BCUT2D eigenvalue weighted by Gasteiger charge is -2.17. The van der Waals surface area contributed by atoms with E-state index in [2.05, 4.69) is 74.9 Å². The molecule has 0 radical (unpaired) electrons. The summed E-state index contributed by atoms with van der Waals surface area (Å²) in [5.41, 5.74) is 11.4. The van der Waals surface area contributed by atoms with Crippen molar-refractivity contribution in [1.82, 2.24) is 0 Å². The molecule has 3 aromatic rings. The second-order valence-corrected chi connectivity index (χ2v) is 10.00. The average molecular weight is 570 g/mol. The summed E-state index contributed by atoms with van der Waals surface area (Å²) in [5.74, 6) is 0. The zero-order valence-electron chi connectivity index (χ0n) is 14.1. The summed E-state index contributed by atoms with van der Waals surface area (Å²) < 4.78 is 2.03. The van der Waals surface area contributed by atoms with Gasteiger partial charge in [0, 0.05) is 35.2 Å². The summed E-state index contributed by atoms with van der Waals surface area (Å²) in [6.07, 6.45) is 0.789. The van der Waals surface area contributed by atoms with E-state index < -0.39 is 0 Å². The quantitative estimate of drug-likeness (QED) is 0.254. The van der Waals surface area contributed by atoms with E-state index >= 15 is 0 Å². The number of hydrogen-bond donors (Lipinski definition) is 1. The first-order valence-electron chi connectivity index (χ1n) is 8.35. The molecule has 1 aliphatic heterocycles. The fraction of sp³-hybridized carbons (Fsp3) is 0.0952. The number of halogens is 3. The van der Waals surface area contributed by atoms with Crippen LogP contribution in [0.25, 0.3) is 0 Å². The van der Waals surface area contributed by atoms with Crippen molar-refractivity contribution >= 4 is 79.0 Å². The number of fused-ring (bicyclic) bond motifs is 1. The Kier molecular flexibility index (Phi) is 5.83. The van der Waals surface area contributed by atoms with E-state index in [0.29, 0.717) is 0 Å². The van der Waals surface area contributed by atoms with Crippen LogP contribution in [-0.2, 0) is 0 Å². The third kappa shape index (κ3) is 4.21. The first-order chi connectivity index (χ1) is 13.0. The van der Waals surface area contributed by atoms with Crippen LogP contribution in [0, 0.1) is 3.57 Å². The number of aliphatic imine (C=N–C) groups is 1. The van der Waals surface area contributed by atoms with Crippen molar-refractivity contribution in [3.63, 3.8) is 0 Å². The maximum Gasteiger partial charge on any atom is 0.0769 e. The van der Waals surface area contributed by atoms with Gasteiger partial charge in [-0.2, -0.15) is 0 Å². The summed E-state index contributed by atoms with van der Waals surface area (Å²) in [5, 5.41) is 0.984. The number of thioether (sulfide) groups is 1. The van der Waals surface area contributed by atoms with Gasteiger partial charge in [-0.3, -0.25) is 4.99 Å². The normalized spacial score (nSPS) is 16.4. The molecule has 0 aliphatic carbocycles. The molecular weight excluding hydrogens is 555 g/mol. The molecule has 27 heavy (non-hydrogen) atoms. The summed E-state index contributed by atoms with van der Waals surface area (Å²) in [7, 11) is 0. The van der Waals surface area contributed by atoms with Crippen LogP contribution >= 0.6 is 61.9 Å². The highest BCUT2D eigenvalue weighted by Gasteiger charge is 2.24. The van der Waals surface area contributed by atoms with Gasteiger partial charge in [0.2, 0.25) is 0 Å². The Morgan fingerprint density at radius 1 is 1.11 bits per heavy atom. The van der Waals surface area contributed by atoms with Gasteiger partial charge in [0.25, 0.3) is 0 Å². The molecule has 2 nitrogen and oxygen atoms in total. The van der Waals surface area contributed by atoms with Gasteiger partial charge in [-0.15, -0.1) is 11.8 Å². The van der Waals surface area contributed by atoms with Crippen molar-refractivity contribution < 1.29 is 0 Å². The van der Waals surface area contributed by atoms with E-state index in [1.54, 1.807) is 0 Å². The van der Waals surface area contributed by atoms with Gasteiger partial charge in [0.05, 0.1) is 17.1 Å². The molecule has 136 valence electrons. The minimum absolute atomic E-state index is 0.237. The van der Waals surface area contributed by atoms with E-state index in [-0.39, 0.29) is 5.25 Å². The molecule has 0 aromatic heterocycles. The molecule has 0 fully saturated rings. The molecule has 0 saturated carbocycles. The monoisotopic (exact) mass is 568 g/mol. The highest BCUT2D eigenvalue weighted by atomic mass is 127. The van der Waals surface area contributed by atoms with Crippen molar-refractivity contribution in [3.8, 4) is 0 Å². The largest absolute Gasteiger partial charge is 0.397 e. The molecule has 0 spiro atoms. The van der Waals surface area contributed by atoms with E-state index in [0.717, 1.165) is 42.1 Å². The SMILES string of the molecule is Nc1c(I)cc(Br)cc1C1=Nc2ccccc2SC(c2ccc(Cl)cc2)C1.